The van der Waals surface area contributed by atoms with E-state index in [1.54, 1.807) is 11.1 Å². The highest BCUT2D eigenvalue weighted by Crippen LogP contribution is 2.06. The minimum absolute atomic E-state index is 0.213. The van der Waals surface area contributed by atoms with Crippen LogP contribution in [0.15, 0.2) is 36.5 Å². The van der Waals surface area contributed by atoms with Gasteiger partial charge in [0.05, 0.1) is 6.26 Å². The maximum Gasteiger partial charge on any atom is 0.321 e. The van der Waals surface area contributed by atoms with Crippen molar-refractivity contribution in [2.75, 3.05) is 32.4 Å². The molecule has 114 valence electrons. The fourth-order valence-corrected chi connectivity index (χ4v) is 2.91. The zero-order valence-corrected chi connectivity index (χ0v) is 12.7. The summed E-state index contributed by atoms with van der Waals surface area (Å²) in [7, 11) is -3.17. The zero-order chi connectivity index (χ0) is 15.3. The molecule has 1 saturated heterocycles. The van der Waals surface area contributed by atoms with Crippen molar-refractivity contribution < 1.29 is 13.2 Å². The Balaban J connectivity index is 1.82. The molecule has 0 unspecified atom stereocenters. The molecule has 21 heavy (non-hydrogen) atoms. The molecular weight excluding hydrogens is 290 g/mol. The van der Waals surface area contributed by atoms with Gasteiger partial charge in [0.25, 0.3) is 0 Å². The van der Waals surface area contributed by atoms with Gasteiger partial charge in [-0.2, -0.15) is 4.31 Å². The lowest BCUT2D eigenvalue weighted by Crippen LogP contribution is -2.52. The monoisotopic (exact) mass is 309 g/mol. The Hall–Kier alpha value is -1.86. The van der Waals surface area contributed by atoms with Gasteiger partial charge >= 0.3 is 6.03 Å². The van der Waals surface area contributed by atoms with Crippen molar-refractivity contribution in [3.05, 3.63) is 42.1 Å². The van der Waals surface area contributed by atoms with Crippen LogP contribution in [0.2, 0.25) is 0 Å². The lowest BCUT2D eigenvalue weighted by molar-refractivity contribution is 0.176. The number of piperazine rings is 1. The second-order valence-electron chi connectivity index (χ2n) is 4.84. The molecule has 2 rings (SSSR count). The third-order valence-electron chi connectivity index (χ3n) is 3.28. The number of hydrogen-bond donors (Lipinski definition) is 1. The number of sulfonamides is 1. The summed E-state index contributed by atoms with van der Waals surface area (Å²) < 4.78 is 24.2. The minimum atomic E-state index is -3.17. The first kappa shape index (κ1) is 15.5. The van der Waals surface area contributed by atoms with Crippen LogP contribution in [0.1, 0.15) is 5.56 Å². The van der Waals surface area contributed by atoms with Crippen LogP contribution in [0.3, 0.4) is 0 Å². The van der Waals surface area contributed by atoms with Crippen LogP contribution >= 0.6 is 0 Å². The van der Waals surface area contributed by atoms with Gasteiger partial charge in [-0.1, -0.05) is 30.3 Å². The van der Waals surface area contributed by atoms with Crippen LogP contribution in [0.4, 0.5) is 4.79 Å². The molecular formula is C14H19N3O3S. The molecule has 1 N–H and O–H groups in total. The first-order valence-electron chi connectivity index (χ1n) is 6.69. The van der Waals surface area contributed by atoms with E-state index in [0.29, 0.717) is 26.2 Å². The molecule has 1 aliphatic heterocycles. The molecule has 0 aromatic heterocycles. The zero-order valence-electron chi connectivity index (χ0n) is 11.9. The van der Waals surface area contributed by atoms with E-state index in [4.69, 9.17) is 0 Å². The molecule has 6 nitrogen and oxygen atoms in total. The molecule has 0 radical (unpaired) electrons. The third-order valence-corrected chi connectivity index (χ3v) is 4.58. The van der Waals surface area contributed by atoms with E-state index in [0.717, 1.165) is 5.56 Å². The van der Waals surface area contributed by atoms with Gasteiger partial charge < -0.3 is 10.2 Å². The van der Waals surface area contributed by atoms with Gasteiger partial charge in [-0.3, -0.25) is 0 Å². The van der Waals surface area contributed by atoms with E-state index in [2.05, 4.69) is 5.32 Å². The van der Waals surface area contributed by atoms with Gasteiger partial charge in [-0.05, 0) is 11.6 Å². The Morgan fingerprint density at radius 2 is 1.76 bits per heavy atom. The lowest BCUT2D eigenvalue weighted by Gasteiger charge is -2.32. The number of nitrogens with zero attached hydrogens (tertiary/aromatic N) is 2. The van der Waals surface area contributed by atoms with Gasteiger partial charge in [0, 0.05) is 32.4 Å². The maximum atomic E-state index is 11.9. The number of carbonyl (C=O) groups excluding carboxylic acids is 1. The van der Waals surface area contributed by atoms with Gasteiger partial charge in [0.1, 0.15) is 0 Å². The second kappa shape index (κ2) is 6.73. The normalized spacial score (nSPS) is 17.1. The third kappa shape index (κ3) is 4.57. The van der Waals surface area contributed by atoms with E-state index in [1.165, 1.54) is 10.6 Å². The number of urea groups is 1. The summed E-state index contributed by atoms with van der Waals surface area (Å²) in [5.41, 5.74) is 1.000. The summed E-state index contributed by atoms with van der Waals surface area (Å²) in [5.74, 6) is 0. The van der Waals surface area contributed by atoms with E-state index >= 15 is 0 Å². The Labute approximate surface area is 125 Å². The average molecular weight is 309 g/mol. The van der Waals surface area contributed by atoms with Gasteiger partial charge in [0.15, 0.2) is 0 Å². The Morgan fingerprint density at radius 3 is 2.33 bits per heavy atom. The number of carbonyl (C=O) groups is 1. The number of hydrogen-bond acceptors (Lipinski definition) is 3. The first-order valence-corrected chi connectivity index (χ1v) is 8.54. The van der Waals surface area contributed by atoms with E-state index in [1.807, 2.05) is 36.4 Å². The lowest BCUT2D eigenvalue weighted by atomic mass is 10.2. The summed E-state index contributed by atoms with van der Waals surface area (Å²) in [6.45, 7) is 1.49. The molecule has 1 fully saturated rings. The predicted molar refractivity (Wildman–Crippen MR) is 82.0 cm³/mol. The smallest absolute Gasteiger partial charge is 0.321 e. The molecule has 7 heteroatoms. The van der Waals surface area contributed by atoms with E-state index in [9.17, 15) is 13.2 Å². The summed E-state index contributed by atoms with van der Waals surface area (Å²) in [6, 6.07) is 9.44. The highest BCUT2D eigenvalue weighted by molar-refractivity contribution is 7.88. The fourth-order valence-electron chi connectivity index (χ4n) is 2.09. The van der Waals surface area contributed by atoms with Crippen molar-refractivity contribution in [3.8, 4) is 0 Å². The summed E-state index contributed by atoms with van der Waals surface area (Å²) >= 11 is 0. The molecule has 0 bridgehead atoms. The van der Waals surface area contributed by atoms with Crippen LogP contribution in [-0.2, 0) is 10.0 Å². The van der Waals surface area contributed by atoms with Gasteiger partial charge in [0.2, 0.25) is 10.0 Å². The quantitative estimate of drug-likeness (QED) is 0.903. The van der Waals surface area contributed by atoms with Crippen LogP contribution in [-0.4, -0.2) is 56.1 Å². The molecule has 0 atom stereocenters. The summed E-state index contributed by atoms with van der Waals surface area (Å²) in [6.07, 6.45) is 4.59. The summed E-state index contributed by atoms with van der Waals surface area (Å²) in [4.78, 5) is 13.5. The molecule has 1 aromatic carbocycles. The van der Waals surface area contributed by atoms with E-state index < -0.39 is 10.0 Å². The highest BCUT2D eigenvalue weighted by Gasteiger charge is 2.25. The number of rotatable bonds is 3. The average Bonchev–Trinajstić information content (AvgIpc) is 2.47. The number of amides is 2. The number of benzene rings is 1. The molecule has 1 aromatic rings. The minimum Gasteiger partial charge on any atom is -0.322 e. The van der Waals surface area contributed by atoms with Crippen molar-refractivity contribution in [1.82, 2.24) is 14.5 Å². The van der Waals surface area contributed by atoms with E-state index in [-0.39, 0.29) is 6.03 Å². The SMILES string of the molecule is CS(=O)(=O)N1CCN(C(=O)N/C=C/c2ccccc2)CC1. The molecule has 1 aliphatic rings. The van der Waals surface area contributed by atoms with Crippen molar-refractivity contribution >= 4 is 22.1 Å². The van der Waals surface area contributed by atoms with Crippen molar-refractivity contribution in [2.24, 2.45) is 0 Å². The predicted octanol–water partition coefficient (Wildman–Crippen LogP) is 0.944. The Kier molecular flexibility index (Phi) is 4.98. The molecule has 2 amide bonds. The Morgan fingerprint density at radius 1 is 1.14 bits per heavy atom. The maximum absolute atomic E-state index is 11.9. The molecule has 0 aliphatic carbocycles. The highest BCUT2D eigenvalue weighted by atomic mass is 32.2. The topological polar surface area (TPSA) is 69.7 Å². The van der Waals surface area contributed by atoms with Crippen LogP contribution in [0, 0.1) is 0 Å². The summed E-state index contributed by atoms with van der Waals surface area (Å²) in [5, 5.41) is 2.69. The van der Waals surface area contributed by atoms with Crippen LogP contribution in [0.5, 0.6) is 0 Å². The fraction of sp³-hybridized carbons (Fsp3) is 0.357. The second-order valence-corrected chi connectivity index (χ2v) is 6.83. The molecule has 1 heterocycles. The first-order chi connectivity index (χ1) is 9.97. The van der Waals surface area contributed by atoms with Gasteiger partial charge in [-0.25, -0.2) is 13.2 Å². The van der Waals surface area contributed by atoms with Crippen molar-refractivity contribution in [2.45, 2.75) is 0 Å². The van der Waals surface area contributed by atoms with Crippen LogP contribution < -0.4 is 5.32 Å². The number of nitrogens with one attached hydrogen (secondary N) is 1. The largest absolute Gasteiger partial charge is 0.322 e. The molecule has 0 saturated carbocycles. The van der Waals surface area contributed by atoms with Crippen LogP contribution in [0.25, 0.3) is 6.08 Å². The molecule has 0 spiro atoms. The Bertz CT molecular complexity index is 606. The van der Waals surface area contributed by atoms with Crippen molar-refractivity contribution in [1.29, 1.82) is 0 Å². The van der Waals surface area contributed by atoms with Crippen molar-refractivity contribution in [3.63, 3.8) is 0 Å². The standard InChI is InChI=1S/C14H19N3O3S/c1-21(19,20)17-11-9-16(10-12-17)14(18)15-8-7-13-5-3-2-4-6-13/h2-8H,9-12H2,1H3,(H,15,18)/b8-7+. The van der Waals surface area contributed by atoms with Gasteiger partial charge in [-0.15, -0.1) is 0 Å².